The molecule has 2 aliphatic heterocycles. The molecule has 2 unspecified atom stereocenters. The number of guanidine groups is 1. The van der Waals surface area contributed by atoms with E-state index in [0.29, 0.717) is 19.1 Å². The number of carbonyl (C=O) groups is 1. The molecule has 0 radical (unpaired) electrons. The molecular weight excluding hydrogens is 469 g/mol. The number of aliphatic imine (C=N–C) groups is 1. The maximum Gasteiger partial charge on any atom is 0.407 e. The third-order valence-electron chi connectivity index (χ3n) is 6.01. The van der Waals surface area contributed by atoms with Gasteiger partial charge in [0.05, 0.1) is 12.6 Å². The van der Waals surface area contributed by atoms with E-state index in [1.54, 1.807) is 0 Å². The van der Waals surface area contributed by atoms with Crippen LogP contribution < -0.4 is 10.6 Å². The van der Waals surface area contributed by atoms with Gasteiger partial charge in [0, 0.05) is 33.2 Å². The highest BCUT2D eigenvalue weighted by atomic mass is 127. The lowest BCUT2D eigenvalue weighted by molar-refractivity contribution is 0.146. The molecule has 2 saturated heterocycles. The molecule has 0 bridgehead atoms. The van der Waals surface area contributed by atoms with Crippen molar-refractivity contribution in [1.29, 1.82) is 0 Å². The Balaban J connectivity index is 0.00000280. The number of halogens is 1. The van der Waals surface area contributed by atoms with Crippen LogP contribution in [0.25, 0.3) is 0 Å². The molecule has 3 aliphatic rings. The Morgan fingerprint density at radius 3 is 2.57 bits per heavy atom. The maximum absolute atomic E-state index is 11.8. The number of hydrogen-bond donors (Lipinski definition) is 2. The lowest BCUT2D eigenvalue weighted by Gasteiger charge is -2.29. The molecule has 2 heterocycles. The average Bonchev–Trinajstić information content (AvgIpc) is 3.42. The summed E-state index contributed by atoms with van der Waals surface area (Å²) in [5.41, 5.74) is 0. The quantitative estimate of drug-likeness (QED) is 0.315. The minimum atomic E-state index is -0.311. The zero-order chi connectivity index (χ0) is 19.1. The largest absolute Gasteiger partial charge is 0.450 e. The first-order chi connectivity index (χ1) is 13.2. The fraction of sp³-hybridized carbons (Fsp3) is 0.900. The van der Waals surface area contributed by atoms with Crippen LogP contribution in [0.5, 0.6) is 0 Å². The van der Waals surface area contributed by atoms with Gasteiger partial charge in [0.25, 0.3) is 0 Å². The summed E-state index contributed by atoms with van der Waals surface area (Å²) in [4.78, 5) is 21.3. The van der Waals surface area contributed by atoms with Gasteiger partial charge in [0.15, 0.2) is 5.96 Å². The summed E-state index contributed by atoms with van der Waals surface area (Å²) in [6.07, 6.45) is 7.40. The smallest absolute Gasteiger partial charge is 0.407 e. The van der Waals surface area contributed by atoms with E-state index in [9.17, 15) is 4.79 Å². The van der Waals surface area contributed by atoms with Gasteiger partial charge in [-0.05, 0) is 64.0 Å². The van der Waals surface area contributed by atoms with E-state index in [-0.39, 0.29) is 36.1 Å². The number of rotatable bonds is 7. The average molecular weight is 507 g/mol. The molecule has 0 aromatic heterocycles. The van der Waals surface area contributed by atoms with E-state index in [0.717, 1.165) is 25.0 Å². The lowest BCUT2D eigenvalue weighted by Crippen LogP contribution is -2.49. The van der Waals surface area contributed by atoms with Crippen LogP contribution >= 0.6 is 24.0 Å². The number of hydrogen-bond acceptors (Lipinski definition) is 4. The van der Waals surface area contributed by atoms with Gasteiger partial charge in [-0.1, -0.05) is 6.42 Å². The summed E-state index contributed by atoms with van der Waals surface area (Å²) in [6, 6.07) is 0.118. The molecule has 2 N–H and O–H groups in total. The first kappa shape index (κ1) is 23.5. The van der Waals surface area contributed by atoms with Crippen LogP contribution in [-0.4, -0.2) is 80.8 Å². The van der Waals surface area contributed by atoms with Crippen molar-refractivity contribution in [3.8, 4) is 0 Å². The second kappa shape index (κ2) is 12.0. The fourth-order valence-corrected chi connectivity index (χ4v) is 4.37. The second-order valence-corrected chi connectivity index (χ2v) is 8.20. The van der Waals surface area contributed by atoms with Crippen LogP contribution in [0.15, 0.2) is 4.99 Å². The van der Waals surface area contributed by atoms with Crippen molar-refractivity contribution in [3.05, 3.63) is 0 Å². The lowest BCUT2D eigenvalue weighted by atomic mass is 10.1. The van der Waals surface area contributed by atoms with E-state index >= 15 is 0 Å². The Hall–Kier alpha value is -0.770. The van der Waals surface area contributed by atoms with Gasteiger partial charge < -0.3 is 25.2 Å². The fourth-order valence-electron chi connectivity index (χ4n) is 4.37. The van der Waals surface area contributed by atoms with Crippen molar-refractivity contribution in [3.63, 3.8) is 0 Å². The van der Waals surface area contributed by atoms with Gasteiger partial charge in [-0.2, -0.15) is 0 Å². The minimum Gasteiger partial charge on any atom is -0.450 e. The highest BCUT2D eigenvalue weighted by Gasteiger charge is 2.33. The molecule has 1 aliphatic carbocycles. The molecule has 7 nitrogen and oxygen atoms in total. The molecule has 0 spiro atoms. The highest BCUT2D eigenvalue weighted by molar-refractivity contribution is 14.0. The number of likely N-dealkylation sites (tertiary alicyclic amines) is 2. The first-order valence-corrected chi connectivity index (χ1v) is 10.8. The monoisotopic (exact) mass is 507 g/mol. The SMILES string of the molecule is CCOC(=O)NC(CNC(=NC)N1CCC(CN2CCCCC2)C1)C1CC1.I. The summed E-state index contributed by atoms with van der Waals surface area (Å²) in [6.45, 7) is 8.86. The molecule has 28 heavy (non-hydrogen) atoms. The topological polar surface area (TPSA) is 69.2 Å². The Morgan fingerprint density at radius 1 is 1.18 bits per heavy atom. The highest BCUT2D eigenvalue weighted by Crippen LogP contribution is 2.32. The van der Waals surface area contributed by atoms with E-state index in [4.69, 9.17) is 4.74 Å². The van der Waals surface area contributed by atoms with Gasteiger partial charge >= 0.3 is 6.09 Å². The van der Waals surface area contributed by atoms with Crippen LogP contribution in [0.1, 0.15) is 45.4 Å². The zero-order valence-corrected chi connectivity index (χ0v) is 19.8. The van der Waals surface area contributed by atoms with Gasteiger partial charge in [-0.15, -0.1) is 24.0 Å². The van der Waals surface area contributed by atoms with Crippen LogP contribution in [0.4, 0.5) is 4.79 Å². The number of piperidine rings is 1. The second-order valence-electron chi connectivity index (χ2n) is 8.20. The third kappa shape index (κ3) is 7.24. The number of nitrogens with zero attached hydrogens (tertiary/aromatic N) is 3. The van der Waals surface area contributed by atoms with Crippen molar-refractivity contribution >= 4 is 36.0 Å². The molecule has 2 atom stereocenters. The zero-order valence-electron chi connectivity index (χ0n) is 17.5. The van der Waals surface area contributed by atoms with Crippen molar-refractivity contribution in [2.24, 2.45) is 16.8 Å². The molecule has 1 amide bonds. The molecule has 0 aromatic rings. The molecular formula is C20H38IN5O2. The number of carbonyl (C=O) groups excluding carboxylic acids is 1. The number of alkyl carbamates (subject to hydrolysis) is 1. The standard InChI is InChI=1S/C20H37N5O2.HI/c1-3-27-20(26)23-18(17-7-8-17)13-22-19(21-2)25-12-9-16(15-25)14-24-10-5-4-6-11-24;/h16-18H,3-15H2,1-2H3,(H,21,22)(H,23,26);1H. The van der Waals surface area contributed by atoms with Crippen molar-refractivity contribution in [1.82, 2.24) is 20.4 Å². The molecule has 0 aromatic carbocycles. The van der Waals surface area contributed by atoms with Crippen LogP contribution in [0, 0.1) is 11.8 Å². The van der Waals surface area contributed by atoms with Crippen LogP contribution in [0.2, 0.25) is 0 Å². The van der Waals surface area contributed by atoms with Gasteiger partial charge in [0.2, 0.25) is 0 Å². The summed E-state index contributed by atoms with van der Waals surface area (Å²) in [5.74, 6) is 2.26. The molecule has 162 valence electrons. The Labute approximate surface area is 187 Å². The van der Waals surface area contributed by atoms with Gasteiger partial charge in [-0.25, -0.2) is 4.79 Å². The van der Waals surface area contributed by atoms with Crippen LogP contribution in [0.3, 0.4) is 0 Å². The summed E-state index contributed by atoms with van der Waals surface area (Å²) >= 11 is 0. The number of amides is 1. The normalized spacial score (nSPS) is 24.4. The number of ether oxygens (including phenoxy) is 1. The molecule has 8 heteroatoms. The Morgan fingerprint density at radius 2 is 1.93 bits per heavy atom. The predicted molar refractivity (Wildman–Crippen MR) is 123 cm³/mol. The van der Waals surface area contributed by atoms with Crippen molar-refractivity contribution < 1.29 is 9.53 Å². The van der Waals surface area contributed by atoms with Crippen molar-refractivity contribution in [2.45, 2.75) is 51.5 Å². The van der Waals surface area contributed by atoms with Gasteiger partial charge in [-0.3, -0.25) is 4.99 Å². The number of nitrogens with one attached hydrogen (secondary N) is 2. The molecule has 1 saturated carbocycles. The van der Waals surface area contributed by atoms with E-state index in [1.165, 1.54) is 58.2 Å². The van der Waals surface area contributed by atoms with E-state index in [2.05, 4.69) is 25.4 Å². The maximum atomic E-state index is 11.8. The third-order valence-corrected chi connectivity index (χ3v) is 6.01. The summed E-state index contributed by atoms with van der Waals surface area (Å²) in [5, 5.41) is 6.51. The van der Waals surface area contributed by atoms with Crippen molar-refractivity contribution in [2.75, 3.05) is 52.9 Å². The Bertz CT molecular complexity index is 509. The van der Waals surface area contributed by atoms with Gasteiger partial charge in [0.1, 0.15) is 0 Å². The first-order valence-electron chi connectivity index (χ1n) is 10.8. The minimum absolute atomic E-state index is 0. The molecule has 3 rings (SSSR count). The molecule has 3 fully saturated rings. The van der Waals surface area contributed by atoms with E-state index in [1.807, 2.05) is 14.0 Å². The Kier molecular flexibility index (Phi) is 10.1. The summed E-state index contributed by atoms with van der Waals surface area (Å²) < 4.78 is 5.05. The predicted octanol–water partition coefficient (Wildman–Crippen LogP) is 2.51. The van der Waals surface area contributed by atoms with E-state index < -0.39 is 0 Å². The summed E-state index contributed by atoms with van der Waals surface area (Å²) in [7, 11) is 1.85. The van der Waals surface area contributed by atoms with Crippen LogP contribution in [-0.2, 0) is 4.74 Å².